The second-order valence-corrected chi connectivity index (χ2v) is 10.8. The van der Waals surface area contributed by atoms with Crippen LogP contribution in [0.25, 0.3) is 21.5 Å². The number of allylic oxidation sites excluding steroid dienone is 1. The highest BCUT2D eigenvalue weighted by Gasteiger charge is 2.39. The van der Waals surface area contributed by atoms with Crippen LogP contribution in [0.3, 0.4) is 0 Å². The van der Waals surface area contributed by atoms with E-state index in [4.69, 9.17) is 0 Å². The average Bonchev–Trinajstić information content (AvgIpc) is 2.93. The van der Waals surface area contributed by atoms with Crippen molar-refractivity contribution in [3.8, 4) is 0 Å². The minimum Gasteiger partial charge on any atom is -0.372 e. The van der Waals surface area contributed by atoms with E-state index in [2.05, 4.69) is 105 Å². The van der Waals surface area contributed by atoms with E-state index in [1.807, 2.05) is 0 Å². The molecule has 2 aliphatic rings. The molecule has 0 saturated heterocycles. The topological polar surface area (TPSA) is 41.1 Å². The Bertz CT molecular complexity index is 1470. The summed E-state index contributed by atoms with van der Waals surface area (Å²) in [5.41, 5.74) is 7.62. The molecule has 0 amide bonds. The zero-order valence-corrected chi connectivity index (χ0v) is 20.3. The fourth-order valence-electron chi connectivity index (χ4n) is 5.79. The Balaban J connectivity index is 1.70. The first-order valence-electron chi connectivity index (χ1n) is 12.1. The molecule has 1 atom stereocenters. The van der Waals surface area contributed by atoms with E-state index >= 15 is 0 Å². The third-order valence-electron chi connectivity index (χ3n) is 7.53. The first kappa shape index (κ1) is 21.0. The van der Waals surface area contributed by atoms with Crippen LogP contribution in [0, 0.1) is 19.3 Å². The molecule has 0 spiro atoms. The predicted octanol–water partition coefficient (Wildman–Crippen LogP) is 7.83. The second kappa shape index (κ2) is 7.46. The molecule has 0 radical (unpaired) electrons. The fourth-order valence-corrected chi connectivity index (χ4v) is 5.79. The van der Waals surface area contributed by atoms with Crippen molar-refractivity contribution in [2.75, 3.05) is 10.6 Å². The second-order valence-electron chi connectivity index (χ2n) is 10.8. The van der Waals surface area contributed by atoms with Gasteiger partial charge in [0, 0.05) is 17.7 Å². The van der Waals surface area contributed by atoms with Crippen molar-refractivity contribution < 1.29 is 4.79 Å². The Morgan fingerprint density at radius 2 is 1.38 bits per heavy atom. The summed E-state index contributed by atoms with van der Waals surface area (Å²) >= 11 is 0. The van der Waals surface area contributed by atoms with Crippen molar-refractivity contribution in [1.29, 1.82) is 0 Å². The number of anilines is 2. The lowest BCUT2D eigenvalue weighted by atomic mass is 9.73. The van der Waals surface area contributed by atoms with Crippen molar-refractivity contribution in [3.05, 3.63) is 94.7 Å². The molecule has 2 N–H and O–H groups in total. The van der Waals surface area contributed by atoms with Gasteiger partial charge in [-0.15, -0.1) is 0 Å². The fraction of sp³-hybridized carbons (Fsp3) is 0.258. The number of hydrogen-bond donors (Lipinski definition) is 2. The molecule has 1 unspecified atom stereocenters. The van der Waals surface area contributed by atoms with E-state index in [0.717, 1.165) is 29.1 Å². The lowest BCUT2D eigenvalue weighted by molar-refractivity contribution is -0.118. The Morgan fingerprint density at radius 1 is 0.794 bits per heavy atom. The Labute approximate surface area is 200 Å². The standard InChI is InChI=1S/C31H30N2O/c1-18-13-24-25(14-19(18)2)33-30(29-26(32-24)16-31(3,4)17-27(29)34)28-22-11-7-5-9-20(22)15-21-10-6-8-12-23(21)28/h5-15,30,32-33H,16-17H2,1-4H3. The summed E-state index contributed by atoms with van der Waals surface area (Å²) in [5.74, 6) is 0.231. The SMILES string of the molecule is Cc1cc2c(cc1C)NC(c1c3ccccc3cc3ccccc13)C1=C(CC(C)(C)CC1=O)N2. The minimum atomic E-state index is -0.231. The molecule has 0 aromatic heterocycles. The lowest BCUT2D eigenvalue weighted by Gasteiger charge is -2.34. The molecule has 3 nitrogen and oxygen atoms in total. The Hall–Kier alpha value is -3.59. The Morgan fingerprint density at radius 3 is 2.03 bits per heavy atom. The summed E-state index contributed by atoms with van der Waals surface area (Å²) in [6.45, 7) is 8.67. The van der Waals surface area contributed by atoms with Gasteiger partial charge in [-0.2, -0.15) is 0 Å². The van der Waals surface area contributed by atoms with E-state index in [1.54, 1.807) is 0 Å². The molecular formula is C31H30N2O. The molecule has 0 fully saturated rings. The third-order valence-corrected chi connectivity index (χ3v) is 7.53. The van der Waals surface area contributed by atoms with Crippen LogP contribution in [0.2, 0.25) is 0 Å². The number of ketones is 1. The number of hydrogen-bond acceptors (Lipinski definition) is 3. The van der Waals surface area contributed by atoms with Crippen molar-refractivity contribution in [3.63, 3.8) is 0 Å². The zero-order valence-electron chi connectivity index (χ0n) is 20.3. The van der Waals surface area contributed by atoms with E-state index in [1.165, 1.54) is 38.2 Å². The maximum absolute atomic E-state index is 13.8. The molecule has 4 aromatic carbocycles. The van der Waals surface area contributed by atoms with Gasteiger partial charge in [-0.05, 0) is 82.1 Å². The number of nitrogens with one attached hydrogen (secondary N) is 2. The molecule has 1 aliphatic carbocycles. The van der Waals surface area contributed by atoms with Crippen molar-refractivity contribution in [2.45, 2.75) is 46.6 Å². The van der Waals surface area contributed by atoms with E-state index in [-0.39, 0.29) is 17.2 Å². The number of aryl methyl sites for hydroxylation is 2. The summed E-state index contributed by atoms with van der Waals surface area (Å²) in [6.07, 6.45) is 1.41. The van der Waals surface area contributed by atoms with Crippen LogP contribution in [0.4, 0.5) is 11.4 Å². The number of carbonyl (C=O) groups excluding carboxylic acids is 1. The first-order chi connectivity index (χ1) is 16.3. The summed E-state index contributed by atoms with van der Waals surface area (Å²) in [4.78, 5) is 13.8. The van der Waals surface area contributed by atoms with Gasteiger partial charge < -0.3 is 10.6 Å². The highest BCUT2D eigenvalue weighted by Crippen LogP contribution is 2.48. The molecule has 0 bridgehead atoms. The summed E-state index contributed by atoms with van der Waals surface area (Å²) < 4.78 is 0. The van der Waals surface area contributed by atoms with E-state index in [0.29, 0.717) is 6.42 Å². The molecule has 3 heteroatoms. The monoisotopic (exact) mass is 446 g/mol. The normalized spacial score (nSPS) is 19.3. The van der Waals surface area contributed by atoms with Crippen molar-refractivity contribution >= 4 is 38.7 Å². The number of carbonyl (C=O) groups is 1. The summed E-state index contributed by atoms with van der Waals surface area (Å²) in [5, 5.41) is 12.3. The van der Waals surface area contributed by atoms with Crippen LogP contribution in [0.1, 0.15) is 49.4 Å². The van der Waals surface area contributed by atoms with Crippen LogP contribution in [-0.2, 0) is 4.79 Å². The van der Waals surface area contributed by atoms with Gasteiger partial charge in [-0.25, -0.2) is 0 Å². The largest absolute Gasteiger partial charge is 0.372 e. The van der Waals surface area contributed by atoms with E-state index < -0.39 is 0 Å². The lowest BCUT2D eigenvalue weighted by Crippen LogP contribution is -2.31. The Kier molecular flexibility index (Phi) is 4.60. The maximum atomic E-state index is 13.8. The van der Waals surface area contributed by atoms with Gasteiger partial charge in [-0.1, -0.05) is 62.4 Å². The van der Waals surface area contributed by atoms with Crippen LogP contribution < -0.4 is 10.6 Å². The minimum absolute atomic E-state index is 0.0709. The zero-order chi connectivity index (χ0) is 23.6. The van der Waals surface area contributed by atoms with Gasteiger partial charge in [0.15, 0.2) is 5.78 Å². The highest BCUT2D eigenvalue weighted by atomic mass is 16.1. The van der Waals surface area contributed by atoms with Gasteiger partial charge >= 0.3 is 0 Å². The van der Waals surface area contributed by atoms with Crippen molar-refractivity contribution in [1.82, 2.24) is 0 Å². The quantitative estimate of drug-likeness (QED) is 0.293. The number of Topliss-reactive ketones (excluding diaryl/α,β-unsaturated/α-hetero) is 1. The predicted molar refractivity (Wildman–Crippen MR) is 142 cm³/mol. The highest BCUT2D eigenvalue weighted by molar-refractivity contribution is 6.07. The van der Waals surface area contributed by atoms with Gasteiger partial charge in [0.2, 0.25) is 0 Å². The maximum Gasteiger partial charge on any atom is 0.163 e. The summed E-state index contributed by atoms with van der Waals surface area (Å²) in [6, 6.07) is 23.5. The number of benzene rings is 4. The molecule has 4 aromatic rings. The third kappa shape index (κ3) is 3.30. The number of rotatable bonds is 1. The van der Waals surface area contributed by atoms with Crippen LogP contribution in [-0.4, -0.2) is 5.78 Å². The molecule has 6 rings (SSSR count). The number of fused-ring (bicyclic) bond motifs is 3. The van der Waals surface area contributed by atoms with Gasteiger partial charge in [0.1, 0.15) is 0 Å². The summed E-state index contributed by atoms with van der Waals surface area (Å²) in [7, 11) is 0. The molecular weight excluding hydrogens is 416 g/mol. The molecule has 1 aliphatic heterocycles. The van der Waals surface area contributed by atoms with Gasteiger partial charge in [0.25, 0.3) is 0 Å². The smallest absolute Gasteiger partial charge is 0.163 e. The van der Waals surface area contributed by atoms with Gasteiger partial charge in [0.05, 0.1) is 17.4 Å². The first-order valence-corrected chi connectivity index (χ1v) is 12.1. The molecule has 1 heterocycles. The average molecular weight is 447 g/mol. The molecule has 34 heavy (non-hydrogen) atoms. The van der Waals surface area contributed by atoms with Crippen LogP contribution >= 0.6 is 0 Å². The van der Waals surface area contributed by atoms with Crippen LogP contribution in [0.5, 0.6) is 0 Å². The van der Waals surface area contributed by atoms with Crippen LogP contribution in [0.15, 0.2) is 78.0 Å². The van der Waals surface area contributed by atoms with E-state index in [9.17, 15) is 4.79 Å². The molecule has 0 saturated carbocycles. The van der Waals surface area contributed by atoms with Crippen molar-refractivity contribution in [2.24, 2.45) is 5.41 Å². The van der Waals surface area contributed by atoms with Gasteiger partial charge in [-0.3, -0.25) is 4.79 Å². The molecule has 170 valence electrons.